The molecule has 0 radical (unpaired) electrons. The normalized spacial score (nSPS) is 11.9. The smallest absolute Gasteiger partial charge is 0.303 e. The van der Waals surface area contributed by atoms with Gasteiger partial charge < -0.3 is 9.84 Å². The van der Waals surface area contributed by atoms with E-state index in [4.69, 9.17) is 5.11 Å². The van der Waals surface area contributed by atoms with E-state index >= 15 is 0 Å². The summed E-state index contributed by atoms with van der Waals surface area (Å²) in [5.41, 5.74) is 0. The van der Waals surface area contributed by atoms with E-state index in [2.05, 4.69) is 9.46 Å². The molecule has 0 spiro atoms. The Hall–Kier alpha value is -0.800. The monoisotopic (exact) mass is 275 g/mol. The Morgan fingerprint density at radius 1 is 1.41 bits per heavy atom. The van der Waals surface area contributed by atoms with E-state index in [1.807, 2.05) is 0 Å². The van der Waals surface area contributed by atoms with Crippen molar-refractivity contribution in [2.75, 3.05) is 25.5 Å². The molecular weight excluding hydrogens is 260 g/mol. The molecule has 2 N–H and O–H groups in total. The number of alkyl halides is 2. The van der Waals surface area contributed by atoms with Crippen LogP contribution in [0.1, 0.15) is 12.8 Å². The van der Waals surface area contributed by atoms with Crippen molar-refractivity contribution in [2.24, 2.45) is 0 Å². The summed E-state index contributed by atoms with van der Waals surface area (Å²) in [4.78, 5) is 10.1. The first-order valence-corrected chi connectivity index (χ1v) is 6.54. The van der Waals surface area contributed by atoms with E-state index < -0.39 is 29.0 Å². The maximum atomic E-state index is 11.6. The zero-order valence-corrected chi connectivity index (χ0v) is 9.88. The van der Waals surface area contributed by atoms with Crippen LogP contribution in [0.5, 0.6) is 0 Å². The second-order valence-corrected chi connectivity index (χ2v) is 5.10. The summed E-state index contributed by atoms with van der Waals surface area (Å²) in [7, 11) is -3.56. The SMILES string of the molecule is O=C(O)CCCS(=O)(=O)NCCOCC(F)F. The van der Waals surface area contributed by atoms with Crippen LogP contribution in [-0.2, 0) is 19.6 Å². The lowest BCUT2D eigenvalue weighted by Crippen LogP contribution is -2.30. The van der Waals surface area contributed by atoms with Gasteiger partial charge >= 0.3 is 5.97 Å². The first-order valence-electron chi connectivity index (χ1n) is 4.88. The maximum Gasteiger partial charge on any atom is 0.303 e. The number of sulfonamides is 1. The average Bonchev–Trinajstić information content (AvgIpc) is 2.15. The molecule has 17 heavy (non-hydrogen) atoms. The number of carbonyl (C=O) groups is 1. The number of halogens is 2. The Morgan fingerprint density at radius 2 is 2.06 bits per heavy atom. The summed E-state index contributed by atoms with van der Waals surface area (Å²) >= 11 is 0. The Labute approximate surface area is 98.0 Å². The van der Waals surface area contributed by atoms with Gasteiger partial charge in [-0.2, -0.15) is 0 Å². The molecule has 0 aromatic carbocycles. The molecule has 0 unspecified atom stereocenters. The minimum absolute atomic E-state index is 0.00254. The van der Waals surface area contributed by atoms with Crippen LogP contribution in [0.4, 0.5) is 8.78 Å². The van der Waals surface area contributed by atoms with Crippen LogP contribution >= 0.6 is 0 Å². The van der Waals surface area contributed by atoms with Crippen LogP contribution in [0.15, 0.2) is 0 Å². The fourth-order valence-corrected chi connectivity index (χ4v) is 1.99. The number of rotatable bonds is 10. The first kappa shape index (κ1) is 16.2. The molecule has 0 rings (SSSR count). The molecule has 0 aliphatic rings. The summed E-state index contributed by atoms with van der Waals surface area (Å²) in [5.74, 6) is -1.38. The van der Waals surface area contributed by atoms with Gasteiger partial charge in [-0.25, -0.2) is 21.9 Å². The summed E-state index contributed by atoms with van der Waals surface area (Å²) in [5, 5.41) is 8.30. The second-order valence-electron chi connectivity index (χ2n) is 3.18. The third kappa shape index (κ3) is 11.5. The predicted octanol–water partition coefficient (Wildman–Crippen LogP) is 0.0523. The minimum Gasteiger partial charge on any atom is -0.481 e. The first-order chi connectivity index (χ1) is 7.83. The molecule has 0 heterocycles. The Morgan fingerprint density at radius 3 is 2.59 bits per heavy atom. The molecule has 6 nitrogen and oxygen atoms in total. The molecule has 102 valence electrons. The molecule has 0 amide bonds. The zero-order valence-electron chi connectivity index (χ0n) is 9.06. The third-order valence-corrected chi connectivity index (χ3v) is 3.09. The molecule has 0 aliphatic heterocycles. The van der Waals surface area contributed by atoms with Crippen molar-refractivity contribution < 1.29 is 31.8 Å². The standard InChI is InChI=1S/C8H15F2NO5S/c9-7(10)6-16-4-3-11-17(14,15)5-1-2-8(12)13/h7,11H,1-6H2,(H,12,13). The van der Waals surface area contributed by atoms with E-state index in [1.165, 1.54) is 0 Å². The molecule has 0 aromatic heterocycles. The van der Waals surface area contributed by atoms with E-state index in [0.717, 1.165) is 0 Å². The lowest BCUT2D eigenvalue weighted by molar-refractivity contribution is -0.137. The fourth-order valence-electron chi connectivity index (χ4n) is 0.927. The number of hydrogen-bond acceptors (Lipinski definition) is 4. The van der Waals surface area contributed by atoms with E-state index in [0.29, 0.717) is 0 Å². The van der Waals surface area contributed by atoms with Crippen molar-refractivity contribution in [1.82, 2.24) is 4.72 Å². The molecule has 0 aliphatic carbocycles. The Bertz CT molecular complexity index is 320. The van der Waals surface area contributed by atoms with Crippen LogP contribution in [0.25, 0.3) is 0 Å². The van der Waals surface area contributed by atoms with Crippen LogP contribution in [-0.4, -0.2) is 51.4 Å². The van der Waals surface area contributed by atoms with Gasteiger partial charge in [0.05, 0.1) is 12.4 Å². The van der Waals surface area contributed by atoms with Crippen molar-refractivity contribution in [2.45, 2.75) is 19.3 Å². The van der Waals surface area contributed by atoms with E-state index in [9.17, 15) is 22.0 Å². The summed E-state index contributed by atoms with van der Waals surface area (Å²) < 4.78 is 52.2. The van der Waals surface area contributed by atoms with Crippen molar-refractivity contribution in [3.63, 3.8) is 0 Å². The highest BCUT2D eigenvalue weighted by Crippen LogP contribution is 1.95. The van der Waals surface area contributed by atoms with Crippen LogP contribution in [0.3, 0.4) is 0 Å². The van der Waals surface area contributed by atoms with Gasteiger partial charge in [0.25, 0.3) is 6.43 Å². The molecule has 0 saturated heterocycles. The van der Waals surface area contributed by atoms with Gasteiger partial charge in [-0.3, -0.25) is 4.79 Å². The molecule has 9 heteroatoms. The van der Waals surface area contributed by atoms with Gasteiger partial charge in [-0.15, -0.1) is 0 Å². The van der Waals surface area contributed by atoms with Crippen molar-refractivity contribution >= 4 is 16.0 Å². The predicted molar refractivity (Wildman–Crippen MR) is 55.5 cm³/mol. The van der Waals surface area contributed by atoms with Gasteiger partial charge in [-0.05, 0) is 6.42 Å². The quantitative estimate of drug-likeness (QED) is 0.550. The second kappa shape index (κ2) is 8.31. The van der Waals surface area contributed by atoms with Gasteiger partial charge in [0.1, 0.15) is 6.61 Å². The molecular formula is C8H15F2NO5S. The number of nitrogens with one attached hydrogen (secondary N) is 1. The summed E-state index contributed by atoms with van der Waals surface area (Å²) in [6, 6.07) is 0. The summed E-state index contributed by atoms with van der Waals surface area (Å²) in [6.45, 7) is -0.995. The largest absolute Gasteiger partial charge is 0.481 e. The van der Waals surface area contributed by atoms with Crippen LogP contribution < -0.4 is 4.72 Å². The van der Waals surface area contributed by atoms with Gasteiger partial charge in [0.15, 0.2) is 0 Å². The molecule has 0 fully saturated rings. The average molecular weight is 275 g/mol. The maximum absolute atomic E-state index is 11.6. The molecule has 0 atom stereocenters. The van der Waals surface area contributed by atoms with E-state index in [-0.39, 0.29) is 31.7 Å². The lowest BCUT2D eigenvalue weighted by Gasteiger charge is -2.06. The number of carboxylic acids is 1. The minimum atomic E-state index is -3.56. The fraction of sp³-hybridized carbons (Fsp3) is 0.875. The Balaban J connectivity index is 3.61. The molecule has 0 aromatic rings. The van der Waals surface area contributed by atoms with Crippen molar-refractivity contribution in [3.05, 3.63) is 0 Å². The van der Waals surface area contributed by atoms with Crippen molar-refractivity contribution in [1.29, 1.82) is 0 Å². The number of ether oxygens (including phenoxy) is 1. The summed E-state index contributed by atoms with van der Waals surface area (Å²) in [6.07, 6.45) is -2.81. The number of aliphatic carboxylic acids is 1. The highest BCUT2D eigenvalue weighted by molar-refractivity contribution is 7.89. The van der Waals surface area contributed by atoms with Crippen LogP contribution in [0, 0.1) is 0 Å². The van der Waals surface area contributed by atoms with Gasteiger partial charge in [-0.1, -0.05) is 0 Å². The van der Waals surface area contributed by atoms with Crippen molar-refractivity contribution in [3.8, 4) is 0 Å². The zero-order chi connectivity index (χ0) is 13.3. The topological polar surface area (TPSA) is 92.7 Å². The highest BCUT2D eigenvalue weighted by Gasteiger charge is 2.10. The van der Waals surface area contributed by atoms with E-state index in [1.54, 1.807) is 0 Å². The van der Waals surface area contributed by atoms with Crippen LogP contribution in [0.2, 0.25) is 0 Å². The lowest BCUT2D eigenvalue weighted by atomic mass is 10.3. The third-order valence-electron chi connectivity index (χ3n) is 1.62. The van der Waals surface area contributed by atoms with Gasteiger partial charge in [0, 0.05) is 13.0 Å². The number of carboxylic acid groups (broad SMARTS) is 1. The number of hydrogen-bond donors (Lipinski definition) is 2. The van der Waals surface area contributed by atoms with Gasteiger partial charge in [0.2, 0.25) is 10.0 Å². The molecule has 0 saturated carbocycles. The Kier molecular flexibility index (Phi) is 7.92. The highest BCUT2D eigenvalue weighted by atomic mass is 32.2. The molecule has 0 bridgehead atoms.